The third-order valence-electron chi connectivity index (χ3n) is 4.42. The Hall–Kier alpha value is -4.53. The Morgan fingerprint density at radius 1 is 0.656 bits per heavy atom. The lowest BCUT2D eigenvalue weighted by atomic mass is 10.0. The van der Waals surface area contributed by atoms with Crippen LogP contribution in [0.15, 0.2) is 67.0 Å². The van der Waals surface area contributed by atoms with Crippen molar-refractivity contribution in [2.75, 3.05) is 0 Å². The summed E-state index contributed by atoms with van der Waals surface area (Å²) < 4.78 is 20.4. The Morgan fingerprint density at radius 3 is 1.44 bits per heavy atom. The van der Waals surface area contributed by atoms with Crippen molar-refractivity contribution in [3.63, 3.8) is 0 Å². The molecule has 9 heteroatoms. The number of carbonyl (C=O) groups is 3. The lowest BCUT2D eigenvalue weighted by Crippen LogP contribution is -2.20. The van der Waals surface area contributed by atoms with Crippen LogP contribution in [0.1, 0.15) is 29.8 Å². The molecule has 4 rings (SSSR count). The summed E-state index contributed by atoms with van der Waals surface area (Å²) in [6.45, 7) is 2.46. The van der Waals surface area contributed by atoms with Crippen LogP contribution in [0.2, 0.25) is 0 Å². The number of ether oxygens (including phenoxy) is 2. The molecule has 0 aliphatic carbocycles. The minimum atomic E-state index is -0.948. The van der Waals surface area contributed by atoms with E-state index in [0.29, 0.717) is 10.8 Å². The second-order valence-electron chi connectivity index (χ2n) is 6.81. The second kappa shape index (κ2) is 7.95. The Kier molecular flexibility index (Phi) is 5.15. The molecular weight excluding hydrogens is 420 g/mol. The van der Waals surface area contributed by atoms with Crippen molar-refractivity contribution in [2.45, 2.75) is 13.8 Å². The van der Waals surface area contributed by atoms with E-state index in [4.69, 9.17) is 18.3 Å². The number of ketones is 1. The van der Waals surface area contributed by atoms with Gasteiger partial charge in [0.1, 0.15) is 33.8 Å². The van der Waals surface area contributed by atoms with E-state index in [2.05, 4.69) is 0 Å². The maximum Gasteiger partial charge on any atom is 0.347 e. The highest BCUT2D eigenvalue weighted by atomic mass is 16.5. The predicted molar refractivity (Wildman–Crippen MR) is 111 cm³/mol. The van der Waals surface area contributed by atoms with E-state index in [1.54, 1.807) is 0 Å². The Morgan fingerprint density at radius 2 is 1.06 bits per heavy atom. The summed E-state index contributed by atoms with van der Waals surface area (Å²) in [6, 6.07) is 11.0. The van der Waals surface area contributed by atoms with Gasteiger partial charge in [0.25, 0.3) is 0 Å². The van der Waals surface area contributed by atoms with Crippen molar-refractivity contribution < 1.29 is 32.7 Å². The quantitative estimate of drug-likeness (QED) is 0.206. The van der Waals surface area contributed by atoms with Crippen LogP contribution in [0.3, 0.4) is 0 Å². The number of esters is 2. The fraction of sp³-hybridized carbons (Fsp3) is 0.0870. The van der Waals surface area contributed by atoms with Gasteiger partial charge in [0, 0.05) is 24.6 Å². The van der Waals surface area contributed by atoms with Crippen molar-refractivity contribution in [1.29, 1.82) is 0 Å². The van der Waals surface area contributed by atoms with E-state index in [-0.39, 0.29) is 22.7 Å². The molecule has 0 radical (unpaired) electrons. The van der Waals surface area contributed by atoms with Gasteiger partial charge in [-0.3, -0.25) is 14.4 Å². The molecule has 0 N–H and O–H groups in total. The maximum atomic E-state index is 13.0. The predicted octanol–water partition coefficient (Wildman–Crippen LogP) is 2.98. The zero-order valence-corrected chi connectivity index (χ0v) is 16.8. The fourth-order valence-electron chi connectivity index (χ4n) is 3.12. The minimum absolute atomic E-state index is 0.166. The zero-order chi connectivity index (χ0) is 23.0. The molecule has 2 aromatic carbocycles. The normalized spacial score (nSPS) is 10.8. The third kappa shape index (κ3) is 4.04. The summed E-state index contributed by atoms with van der Waals surface area (Å²) in [7, 11) is 0. The van der Waals surface area contributed by atoms with Crippen molar-refractivity contribution in [3.8, 4) is 11.5 Å². The summed E-state index contributed by atoms with van der Waals surface area (Å²) in [5.74, 6) is -1.60. The number of hydrogen-bond acceptors (Lipinski definition) is 9. The van der Waals surface area contributed by atoms with Crippen molar-refractivity contribution in [2.24, 2.45) is 0 Å². The summed E-state index contributed by atoms with van der Waals surface area (Å²) in [6.07, 6.45) is 0. The summed E-state index contributed by atoms with van der Waals surface area (Å²) >= 11 is 0. The number of benzene rings is 2. The molecule has 0 saturated heterocycles. The highest BCUT2D eigenvalue weighted by Crippen LogP contribution is 2.23. The molecule has 0 unspecified atom stereocenters. The molecule has 9 nitrogen and oxygen atoms in total. The van der Waals surface area contributed by atoms with Crippen LogP contribution < -0.4 is 20.7 Å². The molecule has 0 saturated carbocycles. The first kappa shape index (κ1) is 20.7. The molecule has 32 heavy (non-hydrogen) atoms. The molecule has 160 valence electrons. The van der Waals surface area contributed by atoms with Gasteiger partial charge >= 0.3 is 23.2 Å². The summed E-state index contributed by atoms with van der Waals surface area (Å²) in [5.41, 5.74) is -2.37. The molecule has 0 atom stereocenters. The molecule has 0 fully saturated rings. The largest absolute Gasteiger partial charge is 0.427 e. The van der Waals surface area contributed by atoms with E-state index in [1.807, 2.05) is 0 Å². The van der Waals surface area contributed by atoms with E-state index >= 15 is 0 Å². The third-order valence-corrected chi connectivity index (χ3v) is 4.42. The van der Waals surface area contributed by atoms with Crippen LogP contribution in [-0.2, 0) is 9.59 Å². The number of hydrogen-bond donors (Lipinski definition) is 0. The first-order valence-electron chi connectivity index (χ1n) is 9.28. The molecule has 2 aromatic heterocycles. The van der Waals surface area contributed by atoms with Crippen LogP contribution in [0.5, 0.6) is 11.5 Å². The molecule has 2 heterocycles. The van der Waals surface area contributed by atoms with Gasteiger partial charge in [0.2, 0.25) is 5.78 Å². The number of rotatable bonds is 4. The van der Waals surface area contributed by atoms with Crippen LogP contribution >= 0.6 is 0 Å². The standard InChI is InChI=1S/C23H14O9/c1-11(24)29-15-3-5-19-13(7-15)9-17(22(27)31-19)21(26)18-10-14-8-16(30-12(2)25)4-6-20(14)32-23(18)28/h3-10H,1-2H3. The molecule has 0 aliphatic heterocycles. The van der Waals surface area contributed by atoms with Gasteiger partial charge in [0.15, 0.2) is 0 Å². The lowest BCUT2D eigenvalue weighted by Gasteiger charge is -2.06. The molecule has 4 aromatic rings. The highest BCUT2D eigenvalue weighted by molar-refractivity contribution is 6.10. The topological polar surface area (TPSA) is 130 Å². The van der Waals surface area contributed by atoms with Crippen molar-refractivity contribution >= 4 is 39.7 Å². The Bertz CT molecular complexity index is 1420. The molecular formula is C23H14O9. The second-order valence-corrected chi connectivity index (χ2v) is 6.81. The molecule has 0 bridgehead atoms. The van der Waals surface area contributed by atoms with Gasteiger partial charge < -0.3 is 18.3 Å². The van der Waals surface area contributed by atoms with Crippen LogP contribution in [0.4, 0.5) is 0 Å². The molecule has 0 amide bonds. The number of fused-ring (bicyclic) bond motifs is 2. The first-order chi connectivity index (χ1) is 15.2. The highest BCUT2D eigenvalue weighted by Gasteiger charge is 2.21. The maximum absolute atomic E-state index is 13.0. The Balaban J connectivity index is 1.81. The summed E-state index contributed by atoms with van der Waals surface area (Å²) in [4.78, 5) is 60.1. The van der Waals surface area contributed by atoms with Gasteiger partial charge in [-0.2, -0.15) is 0 Å². The molecule has 0 spiro atoms. The van der Waals surface area contributed by atoms with Crippen LogP contribution in [-0.4, -0.2) is 17.7 Å². The van der Waals surface area contributed by atoms with E-state index in [1.165, 1.54) is 62.4 Å². The van der Waals surface area contributed by atoms with Gasteiger partial charge in [-0.15, -0.1) is 0 Å². The van der Waals surface area contributed by atoms with Gasteiger partial charge in [0.05, 0.1) is 0 Å². The Labute approximate surface area is 178 Å². The lowest BCUT2D eigenvalue weighted by molar-refractivity contribution is -0.132. The van der Waals surface area contributed by atoms with Gasteiger partial charge in [-0.1, -0.05) is 0 Å². The van der Waals surface area contributed by atoms with Crippen molar-refractivity contribution in [1.82, 2.24) is 0 Å². The van der Waals surface area contributed by atoms with Gasteiger partial charge in [-0.25, -0.2) is 9.59 Å². The molecule has 0 aliphatic rings. The van der Waals surface area contributed by atoms with E-state index in [0.717, 1.165) is 0 Å². The van der Waals surface area contributed by atoms with Crippen LogP contribution in [0, 0.1) is 0 Å². The first-order valence-corrected chi connectivity index (χ1v) is 9.28. The van der Waals surface area contributed by atoms with Crippen LogP contribution in [0.25, 0.3) is 21.9 Å². The number of carbonyl (C=O) groups excluding carboxylic acids is 3. The van der Waals surface area contributed by atoms with Gasteiger partial charge in [-0.05, 0) is 48.5 Å². The smallest absolute Gasteiger partial charge is 0.347 e. The monoisotopic (exact) mass is 434 g/mol. The zero-order valence-electron chi connectivity index (χ0n) is 16.8. The van der Waals surface area contributed by atoms with E-state index in [9.17, 15) is 24.0 Å². The van der Waals surface area contributed by atoms with Crippen molar-refractivity contribution in [3.05, 3.63) is 80.5 Å². The fourth-order valence-corrected chi connectivity index (χ4v) is 3.12. The average molecular weight is 434 g/mol. The average Bonchev–Trinajstić information content (AvgIpc) is 2.72. The summed E-state index contributed by atoms with van der Waals surface area (Å²) in [5, 5.41) is 0.628. The SMILES string of the molecule is CC(=O)Oc1ccc2oc(=O)c(C(=O)c3cc4cc(OC(C)=O)ccc4oc3=O)cc2c1. The van der Waals surface area contributed by atoms with E-state index < -0.39 is 40.1 Å². The minimum Gasteiger partial charge on any atom is -0.427 e.